The molecule has 9 nitrogen and oxygen atoms in total. The van der Waals surface area contributed by atoms with E-state index in [4.69, 9.17) is 9.47 Å². The van der Waals surface area contributed by atoms with E-state index in [2.05, 4.69) is 31.8 Å². The van der Waals surface area contributed by atoms with E-state index in [1.54, 1.807) is 104 Å². The maximum Gasteiger partial charge on any atom is 0.343 e. The minimum absolute atomic E-state index is 0.125. The van der Waals surface area contributed by atoms with Gasteiger partial charge < -0.3 is 14.8 Å². The molecule has 4 rings (SSSR count). The van der Waals surface area contributed by atoms with Crippen LogP contribution in [0.5, 0.6) is 11.5 Å². The average Bonchev–Trinajstić information content (AvgIpc) is 3.02. The largest absolute Gasteiger partial charge is 0.423 e. The van der Waals surface area contributed by atoms with Gasteiger partial charge in [-0.2, -0.15) is 5.10 Å². The molecular weight excluding hydrogens is 614 g/mol. The third-order valence-electron chi connectivity index (χ3n) is 5.85. The number of para-hydroxylation sites is 2. The molecule has 216 valence electrons. The molecule has 0 aliphatic carbocycles. The van der Waals surface area contributed by atoms with Crippen molar-refractivity contribution in [3.63, 3.8) is 0 Å². The monoisotopic (exact) mass is 639 g/mol. The van der Waals surface area contributed by atoms with Crippen LogP contribution in [0.15, 0.2) is 113 Å². The molecule has 0 saturated heterocycles. The highest BCUT2D eigenvalue weighted by atomic mass is 79.9. The zero-order valence-electron chi connectivity index (χ0n) is 23.0. The van der Waals surface area contributed by atoms with Crippen LogP contribution in [-0.4, -0.2) is 30.0 Å². The SMILES string of the molecule is CCC(=O)Nc1ccc(C(=O)N/N=C/c2ccccc2OC(=O)/C=C/c2ccccc2OC(=O)c2ccc(Br)cc2)cc1. The molecule has 0 atom stereocenters. The second-order valence-corrected chi connectivity index (χ2v) is 9.82. The summed E-state index contributed by atoms with van der Waals surface area (Å²) in [5.41, 5.74) is 4.69. The predicted octanol–water partition coefficient (Wildman–Crippen LogP) is 6.40. The Morgan fingerprint density at radius 3 is 2.05 bits per heavy atom. The molecule has 0 aliphatic heterocycles. The van der Waals surface area contributed by atoms with E-state index in [0.717, 1.165) is 4.47 Å². The van der Waals surface area contributed by atoms with E-state index in [0.29, 0.717) is 34.4 Å². The van der Waals surface area contributed by atoms with Gasteiger partial charge in [-0.05, 0) is 72.8 Å². The van der Waals surface area contributed by atoms with Crippen LogP contribution >= 0.6 is 15.9 Å². The Morgan fingerprint density at radius 2 is 1.37 bits per heavy atom. The summed E-state index contributed by atoms with van der Waals surface area (Å²) < 4.78 is 11.9. The standard InChI is InChI=1S/C33H26BrN3O6/c1-2-30(38)36-27-18-13-23(14-19-27)32(40)37-35-21-25-8-4-6-10-29(25)42-31(39)20-15-22-7-3-5-9-28(22)43-33(41)24-11-16-26(34)17-12-24/h3-21H,2H2,1H3,(H,36,38)(H,37,40)/b20-15+,35-21+. The van der Waals surface area contributed by atoms with Gasteiger partial charge in [0, 0.05) is 39.3 Å². The minimum atomic E-state index is -0.672. The topological polar surface area (TPSA) is 123 Å². The van der Waals surface area contributed by atoms with Crippen molar-refractivity contribution in [2.45, 2.75) is 13.3 Å². The number of carbonyl (C=O) groups is 4. The number of hydrogen-bond donors (Lipinski definition) is 2. The van der Waals surface area contributed by atoms with Crippen LogP contribution in [0.4, 0.5) is 5.69 Å². The maximum absolute atomic E-state index is 12.6. The summed E-state index contributed by atoms with van der Waals surface area (Å²) in [6.07, 6.45) is 4.41. The van der Waals surface area contributed by atoms with Crippen molar-refractivity contribution in [2.24, 2.45) is 5.10 Å². The fraction of sp³-hybridized carbons (Fsp3) is 0.0606. The molecule has 0 spiro atoms. The second-order valence-electron chi connectivity index (χ2n) is 8.90. The van der Waals surface area contributed by atoms with E-state index in [1.165, 1.54) is 18.4 Å². The van der Waals surface area contributed by atoms with Gasteiger partial charge >= 0.3 is 11.9 Å². The third kappa shape index (κ3) is 9.07. The van der Waals surface area contributed by atoms with Crippen LogP contribution in [0, 0.1) is 0 Å². The molecule has 4 aromatic carbocycles. The molecule has 0 radical (unpaired) electrons. The Balaban J connectivity index is 1.37. The van der Waals surface area contributed by atoms with Gasteiger partial charge in [0.1, 0.15) is 11.5 Å². The first-order valence-corrected chi connectivity index (χ1v) is 13.9. The Bertz CT molecular complexity index is 1680. The minimum Gasteiger partial charge on any atom is -0.423 e. The van der Waals surface area contributed by atoms with Gasteiger partial charge in [-0.1, -0.05) is 53.2 Å². The van der Waals surface area contributed by atoms with Gasteiger partial charge in [0.25, 0.3) is 5.91 Å². The molecule has 43 heavy (non-hydrogen) atoms. The number of amides is 2. The van der Waals surface area contributed by atoms with Crippen LogP contribution in [0.1, 0.15) is 45.2 Å². The summed E-state index contributed by atoms with van der Waals surface area (Å²) in [4.78, 5) is 49.2. The number of ether oxygens (including phenoxy) is 2. The first-order valence-electron chi connectivity index (χ1n) is 13.1. The Hall–Kier alpha value is -5.35. The van der Waals surface area contributed by atoms with Crippen LogP contribution < -0.4 is 20.2 Å². The first kappa shape index (κ1) is 30.6. The molecule has 0 bridgehead atoms. The highest BCUT2D eigenvalue weighted by Gasteiger charge is 2.12. The molecule has 4 aromatic rings. The van der Waals surface area contributed by atoms with Crippen molar-refractivity contribution in [1.82, 2.24) is 5.43 Å². The van der Waals surface area contributed by atoms with Crippen LogP contribution in [0.3, 0.4) is 0 Å². The van der Waals surface area contributed by atoms with Crippen molar-refractivity contribution >= 4 is 57.7 Å². The van der Waals surface area contributed by atoms with Gasteiger partial charge in [-0.15, -0.1) is 0 Å². The molecule has 10 heteroatoms. The number of hydrogen-bond acceptors (Lipinski definition) is 7. The third-order valence-corrected chi connectivity index (χ3v) is 6.38. The number of hydrazone groups is 1. The fourth-order valence-electron chi connectivity index (χ4n) is 3.62. The van der Waals surface area contributed by atoms with Crippen molar-refractivity contribution in [3.05, 3.63) is 130 Å². The number of halogens is 1. The summed E-state index contributed by atoms with van der Waals surface area (Å²) in [6, 6.07) is 26.6. The number of esters is 2. The van der Waals surface area contributed by atoms with Crippen LogP contribution in [0.25, 0.3) is 6.08 Å². The number of rotatable bonds is 10. The summed E-state index contributed by atoms with van der Waals surface area (Å²) in [5.74, 6) is -1.28. The van der Waals surface area contributed by atoms with Crippen molar-refractivity contribution in [2.75, 3.05) is 5.32 Å². The molecule has 0 aliphatic rings. The van der Waals surface area contributed by atoms with Crippen molar-refractivity contribution < 1.29 is 28.7 Å². The molecule has 0 unspecified atom stereocenters. The predicted molar refractivity (Wildman–Crippen MR) is 167 cm³/mol. The number of benzene rings is 4. The lowest BCUT2D eigenvalue weighted by Crippen LogP contribution is -2.18. The van der Waals surface area contributed by atoms with E-state index in [1.807, 2.05) is 0 Å². The lowest BCUT2D eigenvalue weighted by atomic mass is 10.2. The van der Waals surface area contributed by atoms with Gasteiger partial charge in [0.05, 0.1) is 11.8 Å². The number of carbonyl (C=O) groups excluding carboxylic acids is 4. The lowest BCUT2D eigenvalue weighted by Gasteiger charge is -2.08. The Kier molecular flexibility index (Phi) is 10.7. The molecule has 0 heterocycles. The normalized spacial score (nSPS) is 10.8. The fourth-order valence-corrected chi connectivity index (χ4v) is 3.88. The highest BCUT2D eigenvalue weighted by molar-refractivity contribution is 9.10. The molecule has 0 saturated carbocycles. The lowest BCUT2D eigenvalue weighted by molar-refractivity contribution is -0.128. The van der Waals surface area contributed by atoms with Gasteiger partial charge in [0.15, 0.2) is 0 Å². The maximum atomic E-state index is 12.6. The van der Waals surface area contributed by atoms with Crippen LogP contribution in [0.2, 0.25) is 0 Å². The smallest absolute Gasteiger partial charge is 0.343 e. The molecule has 2 N–H and O–H groups in total. The number of anilines is 1. The van der Waals surface area contributed by atoms with E-state index < -0.39 is 17.8 Å². The quantitative estimate of drug-likeness (QED) is 0.0680. The van der Waals surface area contributed by atoms with E-state index in [-0.39, 0.29) is 17.4 Å². The van der Waals surface area contributed by atoms with Gasteiger partial charge in [-0.3, -0.25) is 9.59 Å². The second kappa shape index (κ2) is 15.0. The average molecular weight is 640 g/mol. The Morgan fingerprint density at radius 1 is 0.767 bits per heavy atom. The van der Waals surface area contributed by atoms with E-state index in [9.17, 15) is 19.2 Å². The summed E-state index contributed by atoms with van der Waals surface area (Å²) in [7, 11) is 0. The Labute approximate surface area is 256 Å². The molecule has 2 amide bonds. The highest BCUT2D eigenvalue weighted by Crippen LogP contribution is 2.22. The molecule has 0 fully saturated rings. The van der Waals surface area contributed by atoms with Gasteiger partial charge in [0.2, 0.25) is 5.91 Å². The zero-order chi connectivity index (χ0) is 30.6. The van der Waals surface area contributed by atoms with Gasteiger partial charge in [-0.25, -0.2) is 15.0 Å². The number of nitrogens with zero attached hydrogens (tertiary/aromatic N) is 1. The first-order chi connectivity index (χ1) is 20.8. The van der Waals surface area contributed by atoms with E-state index >= 15 is 0 Å². The van der Waals surface area contributed by atoms with Crippen molar-refractivity contribution in [3.8, 4) is 11.5 Å². The van der Waals surface area contributed by atoms with Crippen molar-refractivity contribution in [1.29, 1.82) is 0 Å². The van der Waals surface area contributed by atoms with Crippen LogP contribution in [-0.2, 0) is 9.59 Å². The summed E-state index contributed by atoms with van der Waals surface area (Å²) >= 11 is 3.33. The molecule has 0 aromatic heterocycles. The number of nitrogens with one attached hydrogen (secondary N) is 2. The zero-order valence-corrected chi connectivity index (χ0v) is 24.5. The summed E-state index contributed by atoms with van der Waals surface area (Å²) in [6.45, 7) is 1.75. The molecular formula is C33H26BrN3O6. The summed E-state index contributed by atoms with van der Waals surface area (Å²) in [5, 5.41) is 6.69.